The van der Waals surface area contributed by atoms with Gasteiger partial charge in [0.25, 0.3) is 0 Å². The van der Waals surface area contributed by atoms with Crippen molar-refractivity contribution in [3.05, 3.63) is 0 Å². The van der Waals surface area contributed by atoms with Gasteiger partial charge in [-0.1, -0.05) is 26.7 Å². The largest absolute Gasteiger partial charge is 0.327 e. The van der Waals surface area contributed by atoms with Crippen molar-refractivity contribution in [2.24, 2.45) is 17.6 Å². The quantitative estimate of drug-likeness (QED) is 0.527. The molecule has 1 nitrogen and oxygen atoms in total. The molecule has 0 aliphatic heterocycles. The predicted octanol–water partition coefficient (Wildman–Crippen LogP) is 1.77. The number of rotatable bonds is 0. The molecular formula is C8H17N. The molecule has 0 radical (unpaired) electrons. The van der Waals surface area contributed by atoms with E-state index in [-0.39, 0.29) is 0 Å². The summed E-state index contributed by atoms with van der Waals surface area (Å²) in [5.41, 5.74) is 5.87. The van der Waals surface area contributed by atoms with E-state index < -0.39 is 0 Å². The summed E-state index contributed by atoms with van der Waals surface area (Å²) >= 11 is 0. The van der Waals surface area contributed by atoms with Crippen molar-refractivity contribution in [3.63, 3.8) is 0 Å². The summed E-state index contributed by atoms with van der Waals surface area (Å²) in [7, 11) is 0. The van der Waals surface area contributed by atoms with E-state index in [4.69, 9.17) is 5.73 Å². The summed E-state index contributed by atoms with van der Waals surface area (Å²) in [6.45, 7) is 4.58. The van der Waals surface area contributed by atoms with Crippen molar-refractivity contribution in [2.75, 3.05) is 0 Å². The second-order valence-corrected chi connectivity index (χ2v) is 3.43. The minimum absolute atomic E-state index is 0.480. The molecule has 0 heterocycles. The normalized spacial score (nSPS) is 45.0. The molecule has 3 atom stereocenters. The van der Waals surface area contributed by atoms with E-state index in [0.29, 0.717) is 6.04 Å². The first-order valence-corrected chi connectivity index (χ1v) is 3.97. The zero-order valence-electron chi connectivity index (χ0n) is 6.43. The zero-order valence-corrected chi connectivity index (χ0v) is 6.43. The lowest BCUT2D eigenvalue weighted by Gasteiger charge is -2.31. The van der Waals surface area contributed by atoms with Crippen LogP contribution in [0.3, 0.4) is 0 Å². The maximum absolute atomic E-state index is 5.87. The molecule has 1 rings (SSSR count). The van der Waals surface area contributed by atoms with Crippen LogP contribution in [-0.2, 0) is 0 Å². The van der Waals surface area contributed by atoms with Gasteiger partial charge in [0, 0.05) is 6.04 Å². The van der Waals surface area contributed by atoms with E-state index in [1.54, 1.807) is 0 Å². The molecule has 1 fully saturated rings. The Balaban J connectivity index is 2.41. The van der Waals surface area contributed by atoms with Crippen molar-refractivity contribution in [3.8, 4) is 0 Å². The minimum atomic E-state index is 0.480. The Kier molecular flexibility index (Phi) is 2.12. The molecule has 0 aromatic rings. The van der Waals surface area contributed by atoms with Gasteiger partial charge in [-0.05, 0) is 18.3 Å². The molecule has 0 spiro atoms. The summed E-state index contributed by atoms with van der Waals surface area (Å²) in [6, 6.07) is 0.480. The van der Waals surface area contributed by atoms with E-state index >= 15 is 0 Å². The van der Waals surface area contributed by atoms with E-state index in [1.807, 2.05) is 0 Å². The van der Waals surface area contributed by atoms with Gasteiger partial charge in [0.1, 0.15) is 0 Å². The van der Waals surface area contributed by atoms with Gasteiger partial charge in [-0.25, -0.2) is 0 Å². The van der Waals surface area contributed by atoms with Gasteiger partial charge in [-0.2, -0.15) is 0 Å². The third-order valence-corrected chi connectivity index (χ3v) is 2.77. The van der Waals surface area contributed by atoms with Gasteiger partial charge >= 0.3 is 0 Å². The van der Waals surface area contributed by atoms with Crippen LogP contribution >= 0.6 is 0 Å². The van der Waals surface area contributed by atoms with Gasteiger partial charge < -0.3 is 5.73 Å². The van der Waals surface area contributed by atoms with Crippen LogP contribution in [0.2, 0.25) is 0 Å². The highest BCUT2D eigenvalue weighted by Gasteiger charge is 2.23. The van der Waals surface area contributed by atoms with E-state index in [9.17, 15) is 0 Å². The molecule has 0 unspecified atom stereocenters. The fourth-order valence-electron chi connectivity index (χ4n) is 1.62. The van der Waals surface area contributed by atoms with Gasteiger partial charge in [-0.3, -0.25) is 0 Å². The molecule has 1 aliphatic carbocycles. The number of hydrogen-bond acceptors (Lipinski definition) is 1. The molecule has 0 amide bonds. The van der Waals surface area contributed by atoms with Crippen molar-refractivity contribution in [2.45, 2.75) is 39.2 Å². The van der Waals surface area contributed by atoms with E-state index in [1.165, 1.54) is 19.3 Å². The highest BCUT2D eigenvalue weighted by atomic mass is 14.7. The van der Waals surface area contributed by atoms with Gasteiger partial charge in [0.2, 0.25) is 0 Å². The molecule has 0 saturated heterocycles. The highest BCUT2D eigenvalue weighted by molar-refractivity contribution is 4.78. The molecule has 0 aromatic carbocycles. The standard InChI is InChI=1S/C8H17N/c1-6-4-3-5-8(9)7(6)2/h6-8H,3-5,9H2,1-2H3/t6-,7-,8-/m1/s1. The summed E-state index contributed by atoms with van der Waals surface area (Å²) < 4.78 is 0. The third kappa shape index (κ3) is 1.45. The Hall–Kier alpha value is -0.0400. The Morgan fingerprint density at radius 1 is 1.22 bits per heavy atom. The molecule has 0 aromatic heterocycles. The average molecular weight is 127 g/mol. The predicted molar refractivity (Wildman–Crippen MR) is 40.2 cm³/mol. The van der Waals surface area contributed by atoms with Crippen molar-refractivity contribution in [1.29, 1.82) is 0 Å². The van der Waals surface area contributed by atoms with Crippen LogP contribution in [0.5, 0.6) is 0 Å². The molecular weight excluding hydrogens is 110 g/mol. The number of hydrogen-bond donors (Lipinski definition) is 1. The smallest absolute Gasteiger partial charge is 0.00670 e. The molecule has 2 N–H and O–H groups in total. The van der Waals surface area contributed by atoms with Gasteiger partial charge in [0.05, 0.1) is 0 Å². The molecule has 9 heavy (non-hydrogen) atoms. The second-order valence-electron chi connectivity index (χ2n) is 3.43. The SMILES string of the molecule is C[C@@H]1[C@H](C)CCC[C@H]1N. The topological polar surface area (TPSA) is 26.0 Å². The lowest BCUT2D eigenvalue weighted by atomic mass is 9.78. The summed E-state index contributed by atoms with van der Waals surface area (Å²) in [5.74, 6) is 1.60. The highest BCUT2D eigenvalue weighted by Crippen LogP contribution is 2.27. The average Bonchev–Trinajstić information content (AvgIpc) is 1.83. The first-order valence-electron chi connectivity index (χ1n) is 3.97. The lowest BCUT2D eigenvalue weighted by molar-refractivity contribution is 0.240. The van der Waals surface area contributed by atoms with Crippen LogP contribution in [-0.4, -0.2) is 6.04 Å². The summed E-state index contributed by atoms with van der Waals surface area (Å²) in [6.07, 6.45) is 3.97. The van der Waals surface area contributed by atoms with Crippen LogP contribution < -0.4 is 5.73 Å². The van der Waals surface area contributed by atoms with Crippen molar-refractivity contribution < 1.29 is 0 Å². The Morgan fingerprint density at radius 2 is 1.89 bits per heavy atom. The Bertz CT molecular complexity index is 80.6. The first kappa shape index (κ1) is 7.07. The first-order chi connectivity index (χ1) is 4.22. The van der Waals surface area contributed by atoms with Crippen molar-refractivity contribution >= 4 is 0 Å². The van der Waals surface area contributed by atoms with Crippen LogP contribution in [0, 0.1) is 11.8 Å². The molecule has 1 aliphatic rings. The Labute approximate surface area is 57.6 Å². The second kappa shape index (κ2) is 2.70. The van der Waals surface area contributed by atoms with Crippen LogP contribution in [0.1, 0.15) is 33.1 Å². The summed E-state index contributed by atoms with van der Waals surface area (Å²) in [5, 5.41) is 0. The van der Waals surface area contributed by atoms with Crippen LogP contribution in [0.4, 0.5) is 0 Å². The van der Waals surface area contributed by atoms with Gasteiger partial charge in [-0.15, -0.1) is 0 Å². The maximum Gasteiger partial charge on any atom is 0.00670 e. The fourth-order valence-corrected chi connectivity index (χ4v) is 1.62. The minimum Gasteiger partial charge on any atom is -0.327 e. The molecule has 1 heteroatoms. The Morgan fingerprint density at radius 3 is 2.33 bits per heavy atom. The zero-order chi connectivity index (χ0) is 6.85. The van der Waals surface area contributed by atoms with E-state index in [2.05, 4.69) is 13.8 Å². The van der Waals surface area contributed by atoms with Gasteiger partial charge in [0.15, 0.2) is 0 Å². The third-order valence-electron chi connectivity index (χ3n) is 2.77. The summed E-state index contributed by atoms with van der Waals surface area (Å²) in [4.78, 5) is 0. The monoisotopic (exact) mass is 127 g/mol. The van der Waals surface area contributed by atoms with E-state index in [0.717, 1.165) is 11.8 Å². The molecule has 1 saturated carbocycles. The lowest BCUT2D eigenvalue weighted by Crippen LogP contribution is -2.35. The maximum atomic E-state index is 5.87. The molecule has 0 bridgehead atoms. The van der Waals surface area contributed by atoms with Crippen LogP contribution in [0.15, 0.2) is 0 Å². The van der Waals surface area contributed by atoms with Crippen molar-refractivity contribution in [1.82, 2.24) is 0 Å². The fraction of sp³-hybridized carbons (Fsp3) is 1.00. The number of nitrogens with two attached hydrogens (primary N) is 1. The van der Waals surface area contributed by atoms with Crippen LogP contribution in [0.25, 0.3) is 0 Å². The molecule has 54 valence electrons.